The Hall–Kier alpha value is -0.785. The van der Waals surface area contributed by atoms with Gasteiger partial charge in [-0.25, -0.2) is 0 Å². The molecule has 0 aliphatic heterocycles. The zero-order valence-electron chi connectivity index (χ0n) is 12.1. The van der Waals surface area contributed by atoms with E-state index in [0.29, 0.717) is 5.92 Å². The molecule has 0 saturated heterocycles. The maximum Gasteiger partial charge on any atom is 0.105 e. The van der Waals surface area contributed by atoms with Crippen molar-refractivity contribution in [2.45, 2.75) is 65.1 Å². The smallest absolute Gasteiger partial charge is 0.105 e. The van der Waals surface area contributed by atoms with E-state index in [1.807, 2.05) is 0 Å². The second-order valence-corrected chi connectivity index (χ2v) is 5.43. The first-order chi connectivity index (χ1) is 8.08. The average Bonchev–Trinajstić information content (AvgIpc) is 2.35. The highest BCUT2D eigenvalue weighted by molar-refractivity contribution is 6.11. The van der Waals surface area contributed by atoms with E-state index in [4.69, 9.17) is 0 Å². The van der Waals surface area contributed by atoms with Crippen LogP contribution < -0.4 is 0 Å². The van der Waals surface area contributed by atoms with E-state index in [0.717, 1.165) is 12.2 Å². The highest BCUT2D eigenvalue weighted by atomic mass is 14.7. The quantitative estimate of drug-likeness (QED) is 0.682. The molecule has 0 saturated carbocycles. The fourth-order valence-corrected chi connectivity index (χ4v) is 2.01. The van der Waals surface area contributed by atoms with Gasteiger partial charge in [-0.1, -0.05) is 52.4 Å². The van der Waals surface area contributed by atoms with Gasteiger partial charge < -0.3 is 0 Å². The summed E-state index contributed by atoms with van der Waals surface area (Å²) in [7, 11) is 2.34. The van der Waals surface area contributed by atoms with Crippen molar-refractivity contribution in [3.05, 3.63) is 29.1 Å². The van der Waals surface area contributed by atoms with Crippen molar-refractivity contribution in [1.82, 2.24) is 4.98 Å². The first kappa shape index (κ1) is 14.3. The second-order valence-electron chi connectivity index (χ2n) is 5.43. The second kappa shape index (κ2) is 6.83. The summed E-state index contributed by atoms with van der Waals surface area (Å²) in [6.45, 7) is 8.94. The molecule has 17 heavy (non-hydrogen) atoms. The number of hydrogen-bond donors (Lipinski definition) is 0. The third-order valence-electron chi connectivity index (χ3n) is 3.69. The van der Waals surface area contributed by atoms with Crippen molar-refractivity contribution in [2.24, 2.45) is 0 Å². The summed E-state index contributed by atoms with van der Waals surface area (Å²) in [4.78, 5) is 4.62. The van der Waals surface area contributed by atoms with Crippen molar-refractivity contribution in [3.63, 3.8) is 0 Å². The van der Waals surface area contributed by atoms with Crippen LogP contribution in [0.2, 0.25) is 5.82 Å². The fraction of sp³-hybridized carbons (Fsp3) is 0.667. The molecule has 0 amide bonds. The zero-order valence-corrected chi connectivity index (χ0v) is 12.1. The highest BCUT2D eigenvalue weighted by Crippen LogP contribution is 2.21. The van der Waals surface area contributed by atoms with Crippen LogP contribution in [-0.4, -0.2) is 12.8 Å². The molecule has 1 aromatic rings. The first-order valence-corrected chi connectivity index (χ1v) is 7.06. The number of pyridine rings is 1. The van der Waals surface area contributed by atoms with E-state index in [-0.39, 0.29) is 0 Å². The Kier molecular flexibility index (Phi) is 5.74. The van der Waals surface area contributed by atoms with E-state index in [1.54, 1.807) is 0 Å². The predicted octanol–water partition coefficient (Wildman–Crippen LogP) is 3.53. The van der Waals surface area contributed by atoms with Gasteiger partial charge in [0, 0.05) is 11.9 Å². The molecule has 2 heteroatoms. The lowest BCUT2D eigenvalue weighted by Gasteiger charge is -2.13. The Morgan fingerprint density at radius 2 is 2.00 bits per heavy atom. The molecule has 1 nitrogen and oxygen atoms in total. The third kappa shape index (κ3) is 4.18. The van der Waals surface area contributed by atoms with Crippen molar-refractivity contribution in [1.29, 1.82) is 0 Å². The Morgan fingerprint density at radius 1 is 1.29 bits per heavy atom. The minimum absolute atomic E-state index is 0.579. The summed E-state index contributed by atoms with van der Waals surface area (Å²) < 4.78 is 0. The topological polar surface area (TPSA) is 12.9 Å². The minimum Gasteiger partial charge on any atom is -0.261 e. The van der Waals surface area contributed by atoms with Gasteiger partial charge >= 0.3 is 0 Å². The van der Waals surface area contributed by atoms with Crippen LogP contribution in [0.3, 0.4) is 0 Å². The SMILES string of the molecule is BC(CC)CCc1cc(C(C)C)cnc1CC. The molecule has 0 bridgehead atoms. The summed E-state index contributed by atoms with van der Waals surface area (Å²) in [5.74, 6) is 1.40. The van der Waals surface area contributed by atoms with E-state index in [2.05, 4.69) is 52.8 Å². The summed E-state index contributed by atoms with van der Waals surface area (Å²) in [6.07, 6.45) is 6.85. The number of nitrogens with zero attached hydrogens (tertiary/aromatic N) is 1. The third-order valence-corrected chi connectivity index (χ3v) is 3.69. The van der Waals surface area contributed by atoms with Gasteiger partial charge in [0.2, 0.25) is 0 Å². The highest BCUT2D eigenvalue weighted by Gasteiger charge is 2.08. The zero-order chi connectivity index (χ0) is 12.8. The number of aryl methyl sites for hydroxylation is 2. The van der Waals surface area contributed by atoms with Gasteiger partial charge in [0.15, 0.2) is 0 Å². The Labute approximate surface area is 107 Å². The largest absolute Gasteiger partial charge is 0.261 e. The van der Waals surface area contributed by atoms with Gasteiger partial charge in [0.05, 0.1) is 0 Å². The van der Waals surface area contributed by atoms with E-state index >= 15 is 0 Å². The van der Waals surface area contributed by atoms with Gasteiger partial charge in [-0.3, -0.25) is 4.98 Å². The Bertz CT molecular complexity index is 347. The average molecular weight is 231 g/mol. The molecule has 0 aliphatic carbocycles. The lowest BCUT2D eigenvalue weighted by atomic mass is 9.80. The molecule has 0 radical (unpaired) electrons. The van der Waals surface area contributed by atoms with Gasteiger partial charge in [0.25, 0.3) is 0 Å². The molecule has 1 heterocycles. The lowest BCUT2D eigenvalue weighted by Crippen LogP contribution is -2.02. The van der Waals surface area contributed by atoms with Gasteiger partial charge in [0.1, 0.15) is 7.85 Å². The molecule has 0 fully saturated rings. The van der Waals surface area contributed by atoms with Crippen LogP contribution in [0.25, 0.3) is 0 Å². The molecule has 0 aliphatic rings. The fourth-order valence-electron chi connectivity index (χ4n) is 2.01. The van der Waals surface area contributed by atoms with Crippen LogP contribution in [0.4, 0.5) is 0 Å². The van der Waals surface area contributed by atoms with Gasteiger partial charge in [-0.2, -0.15) is 0 Å². The summed E-state index contributed by atoms with van der Waals surface area (Å²) >= 11 is 0. The molecule has 0 N–H and O–H groups in total. The van der Waals surface area contributed by atoms with Gasteiger partial charge in [-0.15, -0.1) is 0 Å². The van der Waals surface area contributed by atoms with Crippen LogP contribution in [0.15, 0.2) is 12.3 Å². The summed E-state index contributed by atoms with van der Waals surface area (Å²) in [6, 6.07) is 2.37. The molecule has 1 unspecified atom stereocenters. The van der Waals surface area contributed by atoms with E-state index < -0.39 is 0 Å². The Morgan fingerprint density at radius 3 is 2.53 bits per heavy atom. The molecule has 94 valence electrons. The van der Waals surface area contributed by atoms with Crippen LogP contribution in [-0.2, 0) is 12.8 Å². The monoisotopic (exact) mass is 231 g/mol. The first-order valence-electron chi connectivity index (χ1n) is 7.06. The van der Waals surface area contributed by atoms with Crippen LogP contribution >= 0.6 is 0 Å². The molecule has 0 aromatic carbocycles. The summed E-state index contributed by atoms with van der Waals surface area (Å²) in [5.41, 5.74) is 4.14. The van der Waals surface area contributed by atoms with Crippen molar-refractivity contribution >= 4 is 7.85 Å². The molecule has 1 aromatic heterocycles. The number of rotatable bonds is 6. The molecule has 1 atom stereocenters. The molecular formula is C15H26BN. The van der Waals surface area contributed by atoms with Gasteiger partial charge in [-0.05, 0) is 29.9 Å². The minimum atomic E-state index is 0.579. The number of aromatic nitrogens is 1. The maximum absolute atomic E-state index is 4.62. The van der Waals surface area contributed by atoms with E-state index in [9.17, 15) is 0 Å². The lowest BCUT2D eigenvalue weighted by molar-refractivity contribution is 0.705. The number of hydrogen-bond acceptors (Lipinski definition) is 1. The predicted molar refractivity (Wildman–Crippen MR) is 78.6 cm³/mol. The normalized spacial score (nSPS) is 13.0. The van der Waals surface area contributed by atoms with Crippen molar-refractivity contribution in [2.75, 3.05) is 0 Å². The Balaban J connectivity index is 2.82. The van der Waals surface area contributed by atoms with Crippen LogP contribution in [0.1, 0.15) is 63.3 Å². The van der Waals surface area contributed by atoms with Crippen LogP contribution in [0, 0.1) is 0 Å². The van der Waals surface area contributed by atoms with Crippen LogP contribution in [0.5, 0.6) is 0 Å². The standard InChI is InChI=1S/C15H26BN/c1-5-14(16)8-7-12-9-13(11(3)4)10-17-15(12)6-2/h9-11,14H,5-8,16H2,1-4H3. The van der Waals surface area contributed by atoms with Crippen molar-refractivity contribution in [3.8, 4) is 0 Å². The summed E-state index contributed by atoms with van der Waals surface area (Å²) in [5, 5.41) is 0. The molecule has 1 rings (SSSR count). The molecular weight excluding hydrogens is 205 g/mol. The maximum atomic E-state index is 4.62. The van der Waals surface area contributed by atoms with E-state index in [1.165, 1.54) is 36.1 Å². The van der Waals surface area contributed by atoms with Crippen molar-refractivity contribution < 1.29 is 0 Å². The molecule has 0 spiro atoms.